The highest BCUT2D eigenvalue weighted by atomic mass is 16.3. The van der Waals surface area contributed by atoms with E-state index in [9.17, 15) is 4.79 Å². The second kappa shape index (κ2) is 6.05. The van der Waals surface area contributed by atoms with Crippen LogP contribution in [0.5, 0.6) is 0 Å². The zero-order valence-corrected chi connectivity index (χ0v) is 12.6. The molecule has 0 saturated carbocycles. The zero-order chi connectivity index (χ0) is 16.4. The molecule has 3 aromatic rings. The fourth-order valence-electron chi connectivity index (χ4n) is 2.19. The largest absolute Gasteiger partial charge is 0.454 e. The van der Waals surface area contributed by atoms with Gasteiger partial charge in [0.1, 0.15) is 17.1 Å². The van der Waals surface area contributed by atoms with Crippen LogP contribution in [0.2, 0.25) is 0 Å². The minimum absolute atomic E-state index is 0.0396. The van der Waals surface area contributed by atoms with Crippen molar-refractivity contribution in [1.82, 2.24) is 9.97 Å². The van der Waals surface area contributed by atoms with Crippen molar-refractivity contribution in [2.24, 2.45) is 11.5 Å². The molecule has 1 aromatic carbocycles. The summed E-state index contributed by atoms with van der Waals surface area (Å²) in [7, 11) is 0. The second-order valence-electron chi connectivity index (χ2n) is 5.32. The van der Waals surface area contributed by atoms with Crippen molar-refractivity contribution in [2.45, 2.75) is 13.0 Å². The van der Waals surface area contributed by atoms with Gasteiger partial charge in [0.25, 0.3) is 5.91 Å². The molecule has 23 heavy (non-hydrogen) atoms. The summed E-state index contributed by atoms with van der Waals surface area (Å²) in [6.45, 7) is 2.41. The van der Waals surface area contributed by atoms with Gasteiger partial charge in [-0.15, -0.1) is 0 Å². The van der Waals surface area contributed by atoms with Crippen LogP contribution in [-0.4, -0.2) is 28.5 Å². The van der Waals surface area contributed by atoms with Crippen LogP contribution in [0.25, 0.3) is 22.4 Å². The Morgan fingerprint density at radius 1 is 1.39 bits per heavy atom. The van der Waals surface area contributed by atoms with Crippen LogP contribution >= 0.6 is 0 Å². The summed E-state index contributed by atoms with van der Waals surface area (Å²) in [4.78, 5) is 20.1. The van der Waals surface area contributed by atoms with Gasteiger partial charge in [0, 0.05) is 18.0 Å². The maximum Gasteiger partial charge on any atom is 0.269 e. The van der Waals surface area contributed by atoms with E-state index in [0.29, 0.717) is 29.4 Å². The third-order valence-corrected chi connectivity index (χ3v) is 3.27. The number of primary amides is 1. The van der Waals surface area contributed by atoms with Crippen molar-refractivity contribution in [3.63, 3.8) is 0 Å². The van der Waals surface area contributed by atoms with Gasteiger partial charge in [0.05, 0.1) is 6.20 Å². The van der Waals surface area contributed by atoms with E-state index >= 15 is 0 Å². The van der Waals surface area contributed by atoms with Crippen molar-refractivity contribution in [3.05, 3.63) is 42.2 Å². The van der Waals surface area contributed by atoms with Crippen LogP contribution < -0.4 is 16.8 Å². The van der Waals surface area contributed by atoms with Gasteiger partial charge >= 0.3 is 0 Å². The van der Waals surface area contributed by atoms with E-state index < -0.39 is 5.91 Å². The number of anilines is 1. The Labute approximate surface area is 132 Å². The van der Waals surface area contributed by atoms with E-state index in [0.717, 1.165) is 5.39 Å². The molecule has 2 heterocycles. The van der Waals surface area contributed by atoms with Crippen LogP contribution in [0.15, 0.2) is 40.9 Å². The molecule has 7 heteroatoms. The number of carbonyl (C=O) groups is 1. The highest BCUT2D eigenvalue weighted by Crippen LogP contribution is 2.28. The Morgan fingerprint density at radius 2 is 2.17 bits per heavy atom. The fourth-order valence-corrected chi connectivity index (χ4v) is 2.19. The van der Waals surface area contributed by atoms with Crippen molar-refractivity contribution < 1.29 is 9.21 Å². The van der Waals surface area contributed by atoms with E-state index in [1.807, 2.05) is 31.2 Å². The minimum atomic E-state index is -0.660. The zero-order valence-electron chi connectivity index (χ0n) is 12.6. The number of nitrogens with zero attached hydrogens (tertiary/aromatic N) is 2. The van der Waals surface area contributed by atoms with E-state index in [1.165, 1.54) is 6.20 Å². The normalized spacial score (nSPS) is 12.3. The summed E-state index contributed by atoms with van der Waals surface area (Å²) in [6, 6.07) is 9.30. The molecule has 0 saturated heterocycles. The topological polar surface area (TPSA) is 120 Å². The van der Waals surface area contributed by atoms with Crippen molar-refractivity contribution in [2.75, 3.05) is 11.9 Å². The number of hydrogen-bond acceptors (Lipinski definition) is 6. The molecule has 0 aliphatic carbocycles. The van der Waals surface area contributed by atoms with Gasteiger partial charge in [-0.05, 0) is 19.1 Å². The van der Waals surface area contributed by atoms with E-state index in [-0.39, 0.29) is 11.7 Å². The summed E-state index contributed by atoms with van der Waals surface area (Å²) in [6.07, 6.45) is 1.45. The fraction of sp³-hybridized carbons (Fsp3) is 0.188. The SMILES string of the molecule is CC(N)CNc1cnc(C(N)=O)c(-c2cc3ccccc3o2)n1. The summed E-state index contributed by atoms with van der Waals surface area (Å²) in [5.74, 6) is 0.284. The lowest BCUT2D eigenvalue weighted by atomic mass is 10.2. The first-order valence-corrected chi connectivity index (χ1v) is 7.20. The van der Waals surface area contributed by atoms with Crippen molar-refractivity contribution in [3.8, 4) is 11.5 Å². The standard InChI is InChI=1S/C16H17N5O2/c1-9(17)7-19-13-8-20-15(16(18)22)14(21-13)12-6-10-4-2-3-5-11(10)23-12/h2-6,8-9H,7,17H2,1H3,(H2,18,22)(H,19,21). The summed E-state index contributed by atoms with van der Waals surface area (Å²) in [5.41, 5.74) is 12.2. The average molecular weight is 311 g/mol. The molecule has 1 amide bonds. The van der Waals surface area contributed by atoms with Crippen LogP contribution in [-0.2, 0) is 0 Å². The van der Waals surface area contributed by atoms with Crippen LogP contribution in [0.4, 0.5) is 5.82 Å². The molecule has 2 aromatic heterocycles. The Bertz CT molecular complexity index is 824. The number of nitrogens with one attached hydrogen (secondary N) is 1. The van der Waals surface area contributed by atoms with Gasteiger partial charge in [0.15, 0.2) is 11.5 Å². The van der Waals surface area contributed by atoms with Gasteiger partial charge in [-0.2, -0.15) is 0 Å². The van der Waals surface area contributed by atoms with Crippen LogP contribution in [0.3, 0.4) is 0 Å². The predicted octanol–water partition coefficient (Wildman–Crippen LogP) is 1.75. The molecule has 118 valence electrons. The first-order valence-electron chi connectivity index (χ1n) is 7.20. The molecule has 0 fully saturated rings. The smallest absolute Gasteiger partial charge is 0.269 e. The molecular weight excluding hydrogens is 294 g/mol. The van der Waals surface area contributed by atoms with Gasteiger partial charge in [0.2, 0.25) is 0 Å². The van der Waals surface area contributed by atoms with Crippen molar-refractivity contribution in [1.29, 1.82) is 0 Å². The highest BCUT2D eigenvalue weighted by molar-refractivity contribution is 5.97. The number of para-hydroxylation sites is 1. The molecule has 1 unspecified atom stereocenters. The lowest BCUT2D eigenvalue weighted by Crippen LogP contribution is -2.26. The average Bonchev–Trinajstić information content (AvgIpc) is 2.96. The predicted molar refractivity (Wildman–Crippen MR) is 87.9 cm³/mol. The number of amides is 1. The Balaban J connectivity index is 2.06. The van der Waals surface area contributed by atoms with Crippen LogP contribution in [0, 0.1) is 0 Å². The van der Waals surface area contributed by atoms with Gasteiger partial charge in [-0.3, -0.25) is 4.79 Å². The number of rotatable bonds is 5. The lowest BCUT2D eigenvalue weighted by Gasteiger charge is -2.10. The Morgan fingerprint density at radius 3 is 2.87 bits per heavy atom. The molecule has 0 aliphatic heterocycles. The molecule has 0 radical (unpaired) electrons. The van der Waals surface area contributed by atoms with E-state index in [2.05, 4.69) is 15.3 Å². The minimum Gasteiger partial charge on any atom is -0.454 e. The van der Waals surface area contributed by atoms with Gasteiger partial charge in [-0.1, -0.05) is 18.2 Å². The molecule has 7 nitrogen and oxygen atoms in total. The van der Waals surface area contributed by atoms with Gasteiger partial charge < -0.3 is 21.2 Å². The molecule has 0 aliphatic rings. The first kappa shape index (κ1) is 15.0. The van der Waals surface area contributed by atoms with E-state index in [4.69, 9.17) is 15.9 Å². The number of furan rings is 1. The number of hydrogen-bond donors (Lipinski definition) is 3. The lowest BCUT2D eigenvalue weighted by molar-refractivity contribution is 0.0996. The van der Waals surface area contributed by atoms with Crippen LogP contribution in [0.1, 0.15) is 17.4 Å². The third-order valence-electron chi connectivity index (χ3n) is 3.27. The monoisotopic (exact) mass is 311 g/mol. The number of benzene rings is 1. The number of aromatic nitrogens is 2. The van der Waals surface area contributed by atoms with Crippen molar-refractivity contribution >= 4 is 22.7 Å². The number of carbonyl (C=O) groups excluding carboxylic acids is 1. The van der Waals surface area contributed by atoms with Gasteiger partial charge in [-0.25, -0.2) is 9.97 Å². The summed E-state index contributed by atoms with van der Waals surface area (Å²) >= 11 is 0. The third kappa shape index (κ3) is 3.14. The summed E-state index contributed by atoms with van der Waals surface area (Å²) in [5, 5.41) is 3.97. The maximum absolute atomic E-state index is 11.6. The molecule has 0 spiro atoms. The second-order valence-corrected chi connectivity index (χ2v) is 5.32. The summed E-state index contributed by atoms with van der Waals surface area (Å²) < 4.78 is 5.76. The van der Waals surface area contributed by atoms with E-state index in [1.54, 1.807) is 6.07 Å². The Hall–Kier alpha value is -2.93. The maximum atomic E-state index is 11.6. The molecule has 0 bridgehead atoms. The highest BCUT2D eigenvalue weighted by Gasteiger charge is 2.18. The quantitative estimate of drug-likeness (QED) is 0.660. The molecule has 3 rings (SSSR count). The number of nitrogens with two attached hydrogens (primary N) is 2. The first-order chi connectivity index (χ1) is 11.0. The molecular formula is C16H17N5O2. The Kier molecular flexibility index (Phi) is 3.94. The molecule has 5 N–H and O–H groups in total. The number of fused-ring (bicyclic) bond motifs is 1. The molecule has 1 atom stereocenters.